The maximum absolute atomic E-state index is 14.6. The summed E-state index contributed by atoms with van der Waals surface area (Å²) in [6.45, 7) is 3.93. The number of hydrogen-bond donors (Lipinski definition) is 0. The number of allylic oxidation sites excluding steroid dienone is 2. The minimum atomic E-state index is -0.403. The summed E-state index contributed by atoms with van der Waals surface area (Å²) in [6, 6.07) is 3.71. The molecule has 0 unspecified atom stereocenters. The average molecular weight is 814 g/mol. The van der Waals surface area contributed by atoms with Crippen LogP contribution in [-0.4, -0.2) is 41.5 Å². The second-order valence-electron chi connectivity index (χ2n) is 15.7. The zero-order valence-corrected chi connectivity index (χ0v) is 34.1. The van der Waals surface area contributed by atoms with E-state index in [0.717, 1.165) is 91.4 Å². The molecular formula is C45H48Cl2F2N6O2. The van der Waals surface area contributed by atoms with Gasteiger partial charge in [0.2, 0.25) is 0 Å². The van der Waals surface area contributed by atoms with Gasteiger partial charge in [0.05, 0.1) is 45.2 Å². The topological polar surface area (TPSA) is 111 Å². The standard InChI is InChI=1S/C23H25ClFN3O.C22H23ClFN3O/c1-2-5-22(29)16-7-4-3-6-14(16)10-21-19(25)13-27-23(28-21)17-8-9-20-18(17)11-15(24)12-26-20;1-2-21(28)15-6-4-3-5-13(15)9-20-18(24)12-26-22(27-20)16-7-8-19-17(16)10-14(23)11-25-19/h8,11-14,16H,2-7,9-10H2,1H3;7,10-13,15H,2-6,8-9H2,1H3/t14-,16-;13-,15-/m11/s1. The van der Waals surface area contributed by atoms with Crippen LogP contribution in [0.25, 0.3) is 11.1 Å². The summed E-state index contributed by atoms with van der Waals surface area (Å²) >= 11 is 12.2. The molecule has 2 saturated carbocycles. The molecule has 4 heterocycles. The van der Waals surface area contributed by atoms with Crippen molar-refractivity contribution in [3.8, 4) is 0 Å². The van der Waals surface area contributed by atoms with Crippen LogP contribution in [0.15, 0.2) is 49.1 Å². The Bertz CT molecular complexity index is 2210. The fourth-order valence-corrected chi connectivity index (χ4v) is 9.38. The van der Waals surface area contributed by atoms with Gasteiger partial charge >= 0.3 is 0 Å². The molecule has 0 bridgehead atoms. The molecule has 298 valence electrons. The molecule has 4 aromatic heterocycles. The van der Waals surface area contributed by atoms with E-state index in [1.54, 1.807) is 12.4 Å². The lowest BCUT2D eigenvalue weighted by molar-refractivity contribution is -0.126. The third-order valence-corrected chi connectivity index (χ3v) is 12.4. The molecule has 0 saturated heterocycles. The summed E-state index contributed by atoms with van der Waals surface area (Å²) < 4.78 is 29.1. The molecule has 0 aromatic carbocycles. The Morgan fingerprint density at radius 2 is 1.11 bits per heavy atom. The summed E-state index contributed by atoms with van der Waals surface area (Å²) in [5, 5.41) is 1.11. The van der Waals surface area contributed by atoms with Gasteiger partial charge in [-0.25, -0.2) is 28.7 Å². The fraction of sp³-hybridized carbons (Fsp3) is 0.467. The van der Waals surface area contributed by atoms with Gasteiger partial charge in [0.1, 0.15) is 11.6 Å². The van der Waals surface area contributed by atoms with Crippen LogP contribution in [0.1, 0.15) is 130 Å². The number of carbonyl (C=O) groups excluding carboxylic acids is 2. The first-order valence-corrected chi connectivity index (χ1v) is 21.2. The maximum atomic E-state index is 14.6. The Morgan fingerprint density at radius 3 is 1.56 bits per heavy atom. The zero-order valence-electron chi connectivity index (χ0n) is 32.5. The smallest absolute Gasteiger partial charge is 0.163 e. The Morgan fingerprint density at radius 1 is 0.649 bits per heavy atom. The van der Waals surface area contributed by atoms with E-state index in [9.17, 15) is 18.4 Å². The van der Waals surface area contributed by atoms with Crippen LogP contribution < -0.4 is 0 Å². The molecule has 4 aliphatic rings. The number of fused-ring (bicyclic) bond motifs is 2. The SMILES string of the molecule is CCC(=O)[C@@H]1CCCC[C@@H]1Cc1nc(C2=CCc3ncc(Cl)cc32)ncc1F.CCCC(=O)[C@@H]1CCCC[C@@H]1Cc1nc(C2=CCc3ncc(Cl)cc32)ncc1F. The van der Waals surface area contributed by atoms with Crippen molar-refractivity contribution in [2.24, 2.45) is 23.7 Å². The third-order valence-electron chi connectivity index (χ3n) is 12.0. The second-order valence-corrected chi connectivity index (χ2v) is 16.5. The highest BCUT2D eigenvalue weighted by atomic mass is 35.5. The van der Waals surface area contributed by atoms with Crippen LogP contribution in [0, 0.1) is 35.3 Å². The van der Waals surface area contributed by atoms with E-state index >= 15 is 0 Å². The molecule has 0 amide bonds. The molecule has 4 aliphatic carbocycles. The number of halogens is 4. The van der Waals surface area contributed by atoms with E-state index in [1.165, 1.54) is 12.4 Å². The number of rotatable bonds is 11. The molecule has 0 N–H and O–H groups in total. The van der Waals surface area contributed by atoms with Crippen molar-refractivity contribution in [3.63, 3.8) is 0 Å². The first-order chi connectivity index (χ1) is 27.6. The highest BCUT2D eigenvalue weighted by molar-refractivity contribution is 6.31. The van der Waals surface area contributed by atoms with Gasteiger partial charge < -0.3 is 0 Å². The lowest BCUT2D eigenvalue weighted by atomic mass is 9.74. The van der Waals surface area contributed by atoms with Gasteiger partial charge in [0.25, 0.3) is 0 Å². The predicted octanol–water partition coefficient (Wildman–Crippen LogP) is 10.3. The van der Waals surface area contributed by atoms with Crippen LogP contribution in [0.5, 0.6) is 0 Å². The molecule has 0 radical (unpaired) electrons. The van der Waals surface area contributed by atoms with Crippen molar-refractivity contribution < 1.29 is 18.4 Å². The Balaban J connectivity index is 0.000000174. The molecule has 4 atom stereocenters. The normalized spacial score (nSPS) is 21.2. The molecule has 12 heteroatoms. The van der Waals surface area contributed by atoms with E-state index in [2.05, 4.69) is 29.9 Å². The van der Waals surface area contributed by atoms with Gasteiger partial charge in [-0.1, -0.05) is 74.9 Å². The highest BCUT2D eigenvalue weighted by Gasteiger charge is 2.33. The zero-order chi connectivity index (χ0) is 40.1. The van der Waals surface area contributed by atoms with E-state index in [-0.39, 0.29) is 29.5 Å². The van der Waals surface area contributed by atoms with Crippen molar-refractivity contribution in [2.45, 2.75) is 110 Å². The quantitative estimate of drug-likeness (QED) is 0.147. The van der Waals surface area contributed by atoms with Crippen molar-refractivity contribution in [1.82, 2.24) is 29.9 Å². The van der Waals surface area contributed by atoms with Gasteiger partial charge in [-0.3, -0.25) is 19.6 Å². The molecule has 57 heavy (non-hydrogen) atoms. The first-order valence-electron chi connectivity index (χ1n) is 20.4. The van der Waals surface area contributed by atoms with E-state index in [4.69, 9.17) is 23.2 Å². The van der Waals surface area contributed by atoms with Gasteiger partial charge in [-0.2, -0.15) is 0 Å². The summed E-state index contributed by atoms with van der Waals surface area (Å²) in [5.41, 5.74) is 6.15. The minimum Gasteiger partial charge on any atom is -0.299 e. The van der Waals surface area contributed by atoms with E-state index < -0.39 is 11.6 Å². The van der Waals surface area contributed by atoms with Crippen LogP contribution in [-0.2, 0) is 35.3 Å². The third kappa shape index (κ3) is 9.38. The molecule has 0 spiro atoms. The van der Waals surface area contributed by atoms with Crippen molar-refractivity contribution in [2.75, 3.05) is 0 Å². The van der Waals surface area contributed by atoms with Crippen LogP contribution in [0.2, 0.25) is 10.0 Å². The van der Waals surface area contributed by atoms with Crippen LogP contribution in [0.4, 0.5) is 8.78 Å². The largest absolute Gasteiger partial charge is 0.299 e. The predicted molar refractivity (Wildman–Crippen MR) is 218 cm³/mol. The lowest BCUT2D eigenvalue weighted by Crippen LogP contribution is -2.29. The molecule has 4 aromatic rings. The summed E-state index contributed by atoms with van der Waals surface area (Å²) in [5.74, 6) is 1.14. The minimum absolute atomic E-state index is 0.0194. The van der Waals surface area contributed by atoms with Crippen LogP contribution >= 0.6 is 23.2 Å². The van der Waals surface area contributed by atoms with Gasteiger partial charge in [0.15, 0.2) is 23.3 Å². The van der Waals surface area contributed by atoms with Crippen molar-refractivity contribution in [3.05, 3.63) is 116 Å². The van der Waals surface area contributed by atoms with Crippen molar-refractivity contribution in [1.29, 1.82) is 0 Å². The number of hydrogen-bond acceptors (Lipinski definition) is 8. The number of ketones is 2. The average Bonchev–Trinajstić information content (AvgIpc) is 3.84. The number of nitrogens with zero attached hydrogens (tertiary/aromatic N) is 6. The Hall–Kier alpha value is -4.28. The van der Waals surface area contributed by atoms with Gasteiger partial charge in [-0.05, 0) is 68.9 Å². The molecule has 2 fully saturated rings. The lowest BCUT2D eigenvalue weighted by Gasteiger charge is -2.30. The number of Topliss-reactive ketones (excluding diaryl/α,β-unsaturated/α-hetero) is 2. The van der Waals surface area contributed by atoms with Gasteiger partial charge in [-0.15, -0.1) is 0 Å². The fourth-order valence-electron chi connectivity index (χ4n) is 9.06. The highest BCUT2D eigenvalue weighted by Crippen LogP contribution is 2.37. The summed E-state index contributed by atoms with van der Waals surface area (Å²) in [7, 11) is 0. The van der Waals surface area contributed by atoms with Crippen LogP contribution in [0.3, 0.4) is 0 Å². The molecular weight excluding hydrogens is 765 g/mol. The number of pyridine rings is 2. The van der Waals surface area contributed by atoms with Crippen molar-refractivity contribution >= 4 is 45.9 Å². The van der Waals surface area contributed by atoms with E-state index in [1.807, 2.05) is 38.1 Å². The maximum Gasteiger partial charge on any atom is 0.163 e. The number of aromatic nitrogens is 6. The number of carbonyl (C=O) groups is 2. The molecule has 8 nitrogen and oxygen atoms in total. The Kier molecular flexibility index (Phi) is 13.3. The van der Waals surface area contributed by atoms with Gasteiger partial charge in [0, 0.05) is 72.2 Å². The Labute approximate surface area is 343 Å². The molecule has 0 aliphatic heterocycles. The van der Waals surface area contributed by atoms with E-state index in [0.29, 0.717) is 77.4 Å². The molecule has 8 rings (SSSR count). The monoisotopic (exact) mass is 812 g/mol. The second kappa shape index (κ2) is 18.5. The summed E-state index contributed by atoms with van der Waals surface area (Å²) in [6.07, 6.45) is 22.1. The first kappa shape index (κ1) is 40.9. The summed E-state index contributed by atoms with van der Waals surface area (Å²) in [4.78, 5) is 51.2.